The fourth-order valence-corrected chi connectivity index (χ4v) is 2.80. The highest BCUT2D eigenvalue weighted by Crippen LogP contribution is 2.27. The van der Waals surface area contributed by atoms with Crippen LogP contribution in [0.1, 0.15) is 32.1 Å². The van der Waals surface area contributed by atoms with Gasteiger partial charge in [-0.05, 0) is 25.2 Å². The molecule has 1 aliphatic carbocycles. The van der Waals surface area contributed by atoms with Gasteiger partial charge >= 0.3 is 0 Å². The van der Waals surface area contributed by atoms with Gasteiger partial charge in [-0.3, -0.25) is 4.79 Å². The Morgan fingerprint density at radius 1 is 1.50 bits per heavy atom. The third-order valence-corrected chi connectivity index (χ3v) is 3.68. The van der Waals surface area contributed by atoms with Crippen LogP contribution in [0.25, 0.3) is 0 Å². The summed E-state index contributed by atoms with van der Waals surface area (Å²) in [7, 11) is 0. The quantitative estimate of drug-likeness (QED) is 0.707. The zero-order chi connectivity index (χ0) is 11.5. The lowest BCUT2D eigenvalue weighted by atomic mass is 9.87. The van der Waals surface area contributed by atoms with Gasteiger partial charge in [-0.25, -0.2) is 0 Å². The molecule has 1 saturated heterocycles. The molecule has 0 aromatic carbocycles. The molecule has 1 heterocycles. The van der Waals surface area contributed by atoms with Crippen molar-refractivity contribution in [2.24, 2.45) is 11.8 Å². The lowest BCUT2D eigenvalue weighted by Gasteiger charge is -2.29. The van der Waals surface area contributed by atoms with Crippen molar-refractivity contribution in [2.75, 3.05) is 13.1 Å². The van der Waals surface area contributed by atoms with E-state index in [0.717, 1.165) is 32.2 Å². The summed E-state index contributed by atoms with van der Waals surface area (Å²) >= 11 is 0. The van der Waals surface area contributed by atoms with E-state index in [4.69, 9.17) is 6.42 Å². The summed E-state index contributed by atoms with van der Waals surface area (Å²) in [4.78, 5) is 13.5. The van der Waals surface area contributed by atoms with Crippen molar-refractivity contribution >= 4 is 5.91 Å². The van der Waals surface area contributed by atoms with Gasteiger partial charge in [-0.2, -0.15) is 0 Å². The molecule has 3 unspecified atom stereocenters. The number of amides is 1. The van der Waals surface area contributed by atoms with E-state index in [0.29, 0.717) is 18.9 Å². The van der Waals surface area contributed by atoms with Crippen LogP contribution in [0.4, 0.5) is 0 Å². The number of rotatable bonds is 2. The average molecular weight is 221 g/mol. The Morgan fingerprint density at radius 2 is 2.31 bits per heavy atom. The molecule has 0 spiro atoms. The molecule has 2 rings (SSSR count). The minimum atomic E-state index is -0.167. The van der Waals surface area contributed by atoms with Crippen molar-refractivity contribution in [3.8, 4) is 12.3 Å². The van der Waals surface area contributed by atoms with Gasteiger partial charge in [-0.15, -0.1) is 12.3 Å². The summed E-state index contributed by atoms with van der Waals surface area (Å²) < 4.78 is 0. The first-order valence-electron chi connectivity index (χ1n) is 6.11. The molecule has 3 heteroatoms. The molecular formula is C13H19NO2. The molecule has 1 N–H and O–H groups in total. The van der Waals surface area contributed by atoms with Crippen LogP contribution < -0.4 is 0 Å². The maximum atomic E-state index is 11.7. The molecule has 88 valence electrons. The van der Waals surface area contributed by atoms with Gasteiger partial charge in [0.2, 0.25) is 5.91 Å². The maximum Gasteiger partial charge on any atom is 0.223 e. The van der Waals surface area contributed by atoms with Gasteiger partial charge in [-0.1, -0.05) is 6.42 Å². The van der Waals surface area contributed by atoms with Crippen molar-refractivity contribution in [1.82, 2.24) is 4.90 Å². The second-order valence-electron chi connectivity index (χ2n) is 5.05. The summed E-state index contributed by atoms with van der Waals surface area (Å²) in [5.74, 6) is 3.40. The Balaban J connectivity index is 1.85. The predicted molar refractivity (Wildman–Crippen MR) is 61.5 cm³/mol. The number of hydrogen-bond acceptors (Lipinski definition) is 2. The first kappa shape index (κ1) is 11.5. The highest BCUT2D eigenvalue weighted by Gasteiger charge is 2.31. The third-order valence-electron chi connectivity index (χ3n) is 3.68. The number of likely N-dealkylation sites (tertiary alicyclic amines) is 1. The SMILES string of the molecule is C#CC1CC(=O)N(CC2CCCC(O)C2)C1. The summed E-state index contributed by atoms with van der Waals surface area (Å²) in [5, 5.41) is 9.58. The third kappa shape index (κ3) is 2.56. The van der Waals surface area contributed by atoms with E-state index >= 15 is 0 Å². The number of aliphatic hydroxyl groups is 1. The molecule has 1 aliphatic heterocycles. The molecule has 1 saturated carbocycles. The Hall–Kier alpha value is -1.01. The van der Waals surface area contributed by atoms with Crippen molar-refractivity contribution in [3.05, 3.63) is 0 Å². The molecule has 3 nitrogen and oxygen atoms in total. The molecule has 1 amide bonds. The Morgan fingerprint density at radius 3 is 2.94 bits per heavy atom. The van der Waals surface area contributed by atoms with Crippen LogP contribution in [0.2, 0.25) is 0 Å². The number of nitrogens with zero attached hydrogens (tertiary/aromatic N) is 1. The highest BCUT2D eigenvalue weighted by molar-refractivity contribution is 5.79. The lowest BCUT2D eigenvalue weighted by Crippen LogP contribution is -2.34. The Labute approximate surface area is 96.8 Å². The molecule has 16 heavy (non-hydrogen) atoms. The average Bonchev–Trinajstić information content (AvgIpc) is 2.60. The summed E-state index contributed by atoms with van der Waals surface area (Å²) in [6, 6.07) is 0. The van der Waals surface area contributed by atoms with E-state index in [1.54, 1.807) is 0 Å². The second kappa shape index (κ2) is 4.88. The van der Waals surface area contributed by atoms with Gasteiger partial charge in [0.25, 0.3) is 0 Å². The van der Waals surface area contributed by atoms with Gasteiger partial charge < -0.3 is 10.0 Å². The number of carbonyl (C=O) groups is 1. The maximum absolute atomic E-state index is 11.7. The number of hydrogen-bond donors (Lipinski definition) is 1. The number of terminal acetylenes is 1. The fourth-order valence-electron chi connectivity index (χ4n) is 2.80. The largest absolute Gasteiger partial charge is 0.393 e. The smallest absolute Gasteiger partial charge is 0.223 e. The molecule has 2 aliphatic rings. The topological polar surface area (TPSA) is 40.5 Å². The zero-order valence-electron chi connectivity index (χ0n) is 9.56. The molecule has 0 aromatic rings. The minimum absolute atomic E-state index is 0.0982. The first-order valence-corrected chi connectivity index (χ1v) is 6.11. The van der Waals surface area contributed by atoms with Crippen LogP contribution in [0.5, 0.6) is 0 Å². The van der Waals surface area contributed by atoms with Crippen LogP contribution in [-0.4, -0.2) is 35.1 Å². The lowest BCUT2D eigenvalue weighted by molar-refractivity contribution is -0.128. The normalized spacial score (nSPS) is 35.1. The van der Waals surface area contributed by atoms with E-state index < -0.39 is 0 Å². The first-order chi connectivity index (χ1) is 7.69. The van der Waals surface area contributed by atoms with Crippen LogP contribution in [0, 0.1) is 24.2 Å². The monoisotopic (exact) mass is 221 g/mol. The van der Waals surface area contributed by atoms with E-state index in [1.807, 2.05) is 4.90 Å². The molecule has 0 radical (unpaired) electrons. The molecular weight excluding hydrogens is 202 g/mol. The van der Waals surface area contributed by atoms with Crippen LogP contribution in [-0.2, 0) is 4.79 Å². The molecule has 0 bridgehead atoms. The van der Waals surface area contributed by atoms with E-state index in [9.17, 15) is 9.90 Å². The van der Waals surface area contributed by atoms with Crippen LogP contribution >= 0.6 is 0 Å². The van der Waals surface area contributed by atoms with Crippen molar-refractivity contribution < 1.29 is 9.90 Å². The van der Waals surface area contributed by atoms with Crippen LogP contribution in [0.15, 0.2) is 0 Å². The Bertz CT molecular complexity index is 308. The van der Waals surface area contributed by atoms with Crippen molar-refractivity contribution in [1.29, 1.82) is 0 Å². The van der Waals surface area contributed by atoms with Crippen molar-refractivity contribution in [3.63, 3.8) is 0 Å². The molecule has 2 fully saturated rings. The molecule has 0 aromatic heterocycles. The number of carbonyl (C=O) groups excluding carboxylic acids is 1. The van der Waals surface area contributed by atoms with E-state index in [2.05, 4.69) is 5.92 Å². The predicted octanol–water partition coefficient (Wildman–Crippen LogP) is 1.02. The van der Waals surface area contributed by atoms with Crippen LogP contribution in [0.3, 0.4) is 0 Å². The fraction of sp³-hybridized carbons (Fsp3) is 0.769. The van der Waals surface area contributed by atoms with Gasteiger partial charge in [0, 0.05) is 25.4 Å². The zero-order valence-corrected chi connectivity index (χ0v) is 9.56. The standard InChI is InChI=1S/C13H19NO2/c1-2-10-7-13(16)14(8-10)9-11-4-3-5-12(15)6-11/h1,10-12,15H,3-9H2. The van der Waals surface area contributed by atoms with Gasteiger partial charge in [0.15, 0.2) is 0 Å². The molecule has 3 atom stereocenters. The summed E-state index contributed by atoms with van der Waals surface area (Å²) in [6.07, 6.45) is 9.64. The minimum Gasteiger partial charge on any atom is -0.393 e. The highest BCUT2D eigenvalue weighted by atomic mass is 16.3. The summed E-state index contributed by atoms with van der Waals surface area (Å²) in [6.45, 7) is 1.50. The van der Waals surface area contributed by atoms with Gasteiger partial charge in [0.05, 0.1) is 6.10 Å². The van der Waals surface area contributed by atoms with Crippen molar-refractivity contribution in [2.45, 2.75) is 38.2 Å². The Kier molecular flexibility index (Phi) is 3.50. The van der Waals surface area contributed by atoms with E-state index in [1.165, 1.54) is 0 Å². The van der Waals surface area contributed by atoms with Gasteiger partial charge in [0.1, 0.15) is 0 Å². The number of aliphatic hydroxyl groups excluding tert-OH is 1. The second-order valence-corrected chi connectivity index (χ2v) is 5.05. The van der Waals surface area contributed by atoms with E-state index in [-0.39, 0.29) is 17.9 Å². The summed E-state index contributed by atoms with van der Waals surface area (Å²) in [5.41, 5.74) is 0.